The number of sulfone groups is 1. The zero-order valence-electron chi connectivity index (χ0n) is 12.7. The Kier molecular flexibility index (Phi) is 5.04. The summed E-state index contributed by atoms with van der Waals surface area (Å²) in [4.78, 5) is 13.9. The van der Waals surface area contributed by atoms with Crippen LogP contribution in [0.5, 0.6) is 0 Å². The van der Waals surface area contributed by atoms with Crippen LogP contribution in [0.4, 0.5) is 0 Å². The highest BCUT2D eigenvalue weighted by Gasteiger charge is 2.29. The summed E-state index contributed by atoms with van der Waals surface area (Å²) in [6.07, 6.45) is 2.21. The number of benzene rings is 1. The Morgan fingerprint density at radius 2 is 1.95 bits per heavy atom. The number of hydrogen-bond donors (Lipinski definition) is 0. The molecule has 1 aliphatic rings. The highest BCUT2D eigenvalue weighted by molar-refractivity contribution is 7.90. The maximum Gasteiger partial charge on any atom is 0.223 e. The van der Waals surface area contributed by atoms with Crippen molar-refractivity contribution in [2.45, 2.75) is 25.7 Å². The third-order valence-corrected chi connectivity index (χ3v) is 5.12. The molecule has 1 saturated heterocycles. The van der Waals surface area contributed by atoms with Crippen LogP contribution in [0.1, 0.15) is 31.2 Å². The molecule has 1 fully saturated rings. The van der Waals surface area contributed by atoms with E-state index in [1.54, 1.807) is 0 Å². The van der Waals surface area contributed by atoms with Crippen LogP contribution in [0.3, 0.4) is 0 Å². The van der Waals surface area contributed by atoms with Gasteiger partial charge in [-0.3, -0.25) is 4.79 Å². The van der Waals surface area contributed by atoms with Gasteiger partial charge in [-0.1, -0.05) is 37.3 Å². The molecule has 0 aromatic heterocycles. The number of rotatable bonds is 4. The first-order valence-electron chi connectivity index (χ1n) is 7.37. The van der Waals surface area contributed by atoms with Gasteiger partial charge in [-0.05, 0) is 23.8 Å². The largest absolute Gasteiger partial charge is 0.342 e. The van der Waals surface area contributed by atoms with Crippen molar-refractivity contribution in [1.29, 1.82) is 0 Å². The van der Waals surface area contributed by atoms with Gasteiger partial charge in [0.05, 0.1) is 5.75 Å². The molecule has 2 unspecified atom stereocenters. The standard InChI is InChI=1S/C16H23NO3S/c1-13-12-17(16(18)9-11-21(2,19)20)10-8-15(13)14-6-4-3-5-7-14/h3-7,13,15H,8-12H2,1-2H3. The molecule has 1 amide bonds. The lowest BCUT2D eigenvalue weighted by Gasteiger charge is -2.37. The van der Waals surface area contributed by atoms with E-state index in [2.05, 4.69) is 19.1 Å². The number of nitrogens with zero attached hydrogens (tertiary/aromatic N) is 1. The molecule has 116 valence electrons. The lowest BCUT2D eigenvalue weighted by molar-refractivity contribution is -0.132. The molecule has 5 heteroatoms. The van der Waals surface area contributed by atoms with Gasteiger partial charge in [0, 0.05) is 25.8 Å². The Balaban J connectivity index is 1.93. The van der Waals surface area contributed by atoms with E-state index >= 15 is 0 Å². The number of amides is 1. The Hall–Kier alpha value is -1.36. The summed E-state index contributed by atoms with van der Waals surface area (Å²) in [6, 6.07) is 10.4. The van der Waals surface area contributed by atoms with Gasteiger partial charge in [0.25, 0.3) is 0 Å². The SMILES string of the molecule is CC1CN(C(=O)CCS(C)(=O)=O)CCC1c1ccccc1. The fourth-order valence-corrected chi connectivity index (χ4v) is 3.54. The van der Waals surface area contributed by atoms with Crippen LogP contribution >= 0.6 is 0 Å². The minimum absolute atomic E-state index is 0.0428. The second kappa shape index (κ2) is 6.60. The molecule has 21 heavy (non-hydrogen) atoms. The van der Waals surface area contributed by atoms with Crippen molar-refractivity contribution in [3.8, 4) is 0 Å². The van der Waals surface area contributed by atoms with Crippen LogP contribution in [0.25, 0.3) is 0 Å². The van der Waals surface area contributed by atoms with E-state index in [1.807, 2.05) is 23.1 Å². The van der Waals surface area contributed by atoms with Crippen LogP contribution in [-0.2, 0) is 14.6 Å². The second-order valence-electron chi connectivity index (χ2n) is 6.00. The van der Waals surface area contributed by atoms with E-state index in [-0.39, 0.29) is 18.1 Å². The van der Waals surface area contributed by atoms with E-state index in [0.29, 0.717) is 24.9 Å². The molecular weight excluding hydrogens is 286 g/mol. The fraction of sp³-hybridized carbons (Fsp3) is 0.562. The molecule has 0 spiro atoms. The minimum Gasteiger partial charge on any atom is -0.342 e. The van der Waals surface area contributed by atoms with Gasteiger partial charge in [-0.25, -0.2) is 8.42 Å². The molecule has 4 nitrogen and oxygen atoms in total. The Labute approximate surface area is 127 Å². The third kappa shape index (κ3) is 4.56. The molecule has 1 aromatic rings. The predicted octanol–water partition coefficient (Wildman–Crippen LogP) is 2.07. The molecule has 1 aromatic carbocycles. The zero-order valence-corrected chi connectivity index (χ0v) is 13.5. The summed E-state index contributed by atoms with van der Waals surface area (Å²) in [5.41, 5.74) is 1.33. The van der Waals surface area contributed by atoms with Crippen molar-refractivity contribution in [3.63, 3.8) is 0 Å². The summed E-state index contributed by atoms with van der Waals surface area (Å²) >= 11 is 0. The molecule has 1 aliphatic heterocycles. The average Bonchev–Trinajstić information content (AvgIpc) is 2.45. The molecule has 0 bridgehead atoms. The summed E-state index contributed by atoms with van der Waals surface area (Å²) in [5, 5.41) is 0. The van der Waals surface area contributed by atoms with Crippen molar-refractivity contribution in [1.82, 2.24) is 4.90 Å². The number of carbonyl (C=O) groups is 1. The van der Waals surface area contributed by atoms with Crippen molar-refractivity contribution in [2.75, 3.05) is 25.1 Å². The lowest BCUT2D eigenvalue weighted by atomic mass is 9.81. The maximum absolute atomic E-state index is 12.1. The van der Waals surface area contributed by atoms with E-state index in [9.17, 15) is 13.2 Å². The number of hydrogen-bond acceptors (Lipinski definition) is 3. The van der Waals surface area contributed by atoms with E-state index in [0.717, 1.165) is 6.42 Å². The fourth-order valence-electron chi connectivity index (χ4n) is 3.00. The highest BCUT2D eigenvalue weighted by Crippen LogP contribution is 2.32. The van der Waals surface area contributed by atoms with Gasteiger partial charge >= 0.3 is 0 Å². The number of carbonyl (C=O) groups excluding carboxylic acids is 1. The normalized spacial score (nSPS) is 23.0. The van der Waals surface area contributed by atoms with Crippen molar-refractivity contribution >= 4 is 15.7 Å². The number of likely N-dealkylation sites (tertiary alicyclic amines) is 1. The van der Waals surface area contributed by atoms with Gasteiger partial charge in [-0.2, -0.15) is 0 Å². The van der Waals surface area contributed by atoms with Gasteiger partial charge in [0.2, 0.25) is 5.91 Å². The summed E-state index contributed by atoms with van der Waals surface area (Å²) < 4.78 is 22.3. The van der Waals surface area contributed by atoms with Crippen molar-refractivity contribution in [3.05, 3.63) is 35.9 Å². The predicted molar refractivity (Wildman–Crippen MR) is 83.9 cm³/mol. The molecule has 0 N–H and O–H groups in total. The van der Waals surface area contributed by atoms with E-state index in [1.165, 1.54) is 11.8 Å². The third-order valence-electron chi connectivity index (χ3n) is 4.17. The van der Waals surface area contributed by atoms with Gasteiger partial charge < -0.3 is 4.90 Å². The molecular formula is C16H23NO3S. The highest BCUT2D eigenvalue weighted by atomic mass is 32.2. The van der Waals surface area contributed by atoms with Crippen molar-refractivity contribution in [2.24, 2.45) is 5.92 Å². The summed E-state index contributed by atoms with van der Waals surface area (Å²) in [5.74, 6) is 0.769. The Morgan fingerprint density at radius 1 is 1.29 bits per heavy atom. The number of piperidine rings is 1. The lowest BCUT2D eigenvalue weighted by Crippen LogP contribution is -2.42. The van der Waals surface area contributed by atoms with E-state index in [4.69, 9.17) is 0 Å². The smallest absolute Gasteiger partial charge is 0.223 e. The van der Waals surface area contributed by atoms with Crippen LogP contribution in [0.15, 0.2) is 30.3 Å². The van der Waals surface area contributed by atoms with Crippen LogP contribution in [0.2, 0.25) is 0 Å². The minimum atomic E-state index is -3.07. The first kappa shape index (κ1) is 16.0. The van der Waals surface area contributed by atoms with E-state index < -0.39 is 9.84 Å². The first-order chi connectivity index (χ1) is 9.87. The van der Waals surface area contributed by atoms with Gasteiger partial charge in [-0.15, -0.1) is 0 Å². The Morgan fingerprint density at radius 3 is 2.52 bits per heavy atom. The topological polar surface area (TPSA) is 54.5 Å². The Bertz CT molecular complexity index is 583. The molecule has 2 rings (SSSR count). The van der Waals surface area contributed by atoms with Crippen LogP contribution in [-0.4, -0.2) is 44.3 Å². The molecule has 0 aliphatic carbocycles. The van der Waals surface area contributed by atoms with Crippen molar-refractivity contribution < 1.29 is 13.2 Å². The average molecular weight is 309 g/mol. The molecule has 2 atom stereocenters. The molecule has 1 heterocycles. The second-order valence-corrected chi connectivity index (χ2v) is 8.26. The monoisotopic (exact) mass is 309 g/mol. The molecule has 0 saturated carbocycles. The van der Waals surface area contributed by atoms with Gasteiger partial charge in [0.15, 0.2) is 0 Å². The van der Waals surface area contributed by atoms with Crippen LogP contribution in [0, 0.1) is 5.92 Å². The molecule has 0 radical (unpaired) electrons. The summed E-state index contributed by atoms with van der Waals surface area (Å²) in [6.45, 7) is 3.59. The quantitative estimate of drug-likeness (QED) is 0.855. The summed E-state index contributed by atoms with van der Waals surface area (Å²) in [7, 11) is -3.07. The maximum atomic E-state index is 12.1. The van der Waals surface area contributed by atoms with Crippen LogP contribution < -0.4 is 0 Å². The zero-order chi connectivity index (χ0) is 15.5. The first-order valence-corrected chi connectivity index (χ1v) is 9.43. The van der Waals surface area contributed by atoms with Gasteiger partial charge in [0.1, 0.15) is 9.84 Å².